The van der Waals surface area contributed by atoms with Crippen LogP contribution in [0, 0.1) is 0 Å². The lowest BCUT2D eigenvalue weighted by molar-refractivity contribution is -0.122. The molecule has 0 spiro atoms. The van der Waals surface area contributed by atoms with Gasteiger partial charge in [-0.2, -0.15) is 0 Å². The molecule has 5 nitrogen and oxygen atoms in total. The van der Waals surface area contributed by atoms with Gasteiger partial charge in [0.25, 0.3) is 5.91 Å². The van der Waals surface area contributed by atoms with Gasteiger partial charge in [-0.15, -0.1) is 6.58 Å². The summed E-state index contributed by atoms with van der Waals surface area (Å²) in [6.45, 7) is 3.70. The molecule has 1 aromatic rings. The van der Waals surface area contributed by atoms with E-state index >= 15 is 0 Å². The molecule has 1 saturated heterocycles. The minimum absolute atomic E-state index is 0.188. The average molecular weight is 258 g/mol. The number of urea groups is 1. The Labute approximate surface area is 111 Å². The van der Waals surface area contributed by atoms with Gasteiger partial charge in [-0.25, -0.2) is 4.79 Å². The molecule has 1 N–H and O–H groups in total. The predicted molar refractivity (Wildman–Crippen MR) is 71.4 cm³/mol. The zero-order chi connectivity index (χ0) is 13.8. The standard InChI is InChI=1S/C14H14N2O3/c1-3-8-16-13(17)11(15-14(16)18)9-10-6-4-5-7-12(10)19-2/h3-7,9H,1,8H2,2H3,(H,15,18)/b11-9+. The largest absolute Gasteiger partial charge is 0.496 e. The number of nitrogens with zero attached hydrogens (tertiary/aromatic N) is 1. The quantitative estimate of drug-likeness (QED) is 0.508. The van der Waals surface area contributed by atoms with Crippen LogP contribution in [0.5, 0.6) is 5.75 Å². The minimum atomic E-state index is -0.439. The van der Waals surface area contributed by atoms with Crippen molar-refractivity contribution in [2.24, 2.45) is 0 Å². The summed E-state index contributed by atoms with van der Waals surface area (Å²) in [4.78, 5) is 24.7. The van der Waals surface area contributed by atoms with Crippen LogP contribution < -0.4 is 10.1 Å². The normalized spacial score (nSPS) is 16.7. The lowest BCUT2D eigenvalue weighted by Gasteiger charge is -2.07. The van der Waals surface area contributed by atoms with E-state index in [-0.39, 0.29) is 18.1 Å². The van der Waals surface area contributed by atoms with Gasteiger partial charge in [0, 0.05) is 12.1 Å². The fourth-order valence-corrected chi connectivity index (χ4v) is 1.81. The van der Waals surface area contributed by atoms with Gasteiger partial charge in [0.15, 0.2) is 0 Å². The maximum absolute atomic E-state index is 12.0. The van der Waals surface area contributed by atoms with Crippen LogP contribution in [0.4, 0.5) is 4.79 Å². The van der Waals surface area contributed by atoms with E-state index < -0.39 is 6.03 Å². The van der Waals surface area contributed by atoms with Crippen molar-refractivity contribution in [1.29, 1.82) is 0 Å². The summed E-state index contributed by atoms with van der Waals surface area (Å²) in [6, 6.07) is 6.82. The van der Waals surface area contributed by atoms with Crippen LogP contribution >= 0.6 is 0 Å². The second-order valence-electron chi connectivity index (χ2n) is 3.93. The van der Waals surface area contributed by atoms with Gasteiger partial charge in [0.05, 0.1) is 7.11 Å². The van der Waals surface area contributed by atoms with Gasteiger partial charge in [-0.05, 0) is 12.1 Å². The van der Waals surface area contributed by atoms with Gasteiger partial charge in [0.2, 0.25) is 0 Å². The topological polar surface area (TPSA) is 58.6 Å². The average Bonchev–Trinajstić information content (AvgIpc) is 2.67. The molecule has 2 rings (SSSR count). The smallest absolute Gasteiger partial charge is 0.329 e. The molecule has 0 radical (unpaired) electrons. The number of hydrogen-bond donors (Lipinski definition) is 1. The third-order valence-corrected chi connectivity index (χ3v) is 2.71. The molecule has 1 aromatic carbocycles. The number of hydrogen-bond acceptors (Lipinski definition) is 3. The number of nitrogens with one attached hydrogen (secondary N) is 1. The molecule has 0 aromatic heterocycles. The van der Waals surface area contributed by atoms with Crippen molar-refractivity contribution in [2.75, 3.05) is 13.7 Å². The molecule has 0 saturated carbocycles. The van der Waals surface area contributed by atoms with Gasteiger partial charge in [0.1, 0.15) is 11.4 Å². The summed E-state index contributed by atoms with van der Waals surface area (Å²) in [7, 11) is 1.55. The molecule has 0 unspecified atom stereocenters. The van der Waals surface area contributed by atoms with Gasteiger partial charge in [-0.3, -0.25) is 9.69 Å². The molecule has 0 aliphatic carbocycles. The number of carbonyl (C=O) groups is 2. The second-order valence-corrected chi connectivity index (χ2v) is 3.93. The van der Waals surface area contributed by atoms with Crippen molar-refractivity contribution in [3.05, 3.63) is 48.2 Å². The van der Waals surface area contributed by atoms with Gasteiger partial charge in [-0.1, -0.05) is 24.3 Å². The number of imide groups is 1. The summed E-state index contributed by atoms with van der Waals surface area (Å²) < 4.78 is 5.19. The number of methoxy groups -OCH3 is 1. The number of amides is 3. The first-order valence-corrected chi connectivity index (χ1v) is 5.76. The first kappa shape index (κ1) is 12.9. The highest BCUT2D eigenvalue weighted by atomic mass is 16.5. The van der Waals surface area contributed by atoms with Crippen LogP contribution in [0.15, 0.2) is 42.6 Å². The maximum Gasteiger partial charge on any atom is 0.329 e. The summed E-state index contributed by atoms with van der Waals surface area (Å²) in [5, 5.41) is 2.53. The van der Waals surface area contributed by atoms with E-state index in [1.54, 1.807) is 25.3 Å². The number of benzene rings is 1. The van der Waals surface area contributed by atoms with Crippen LogP contribution in [-0.4, -0.2) is 30.5 Å². The highest BCUT2D eigenvalue weighted by Gasteiger charge is 2.32. The third kappa shape index (κ3) is 2.49. The molecule has 98 valence electrons. The highest BCUT2D eigenvalue weighted by molar-refractivity contribution is 6.14. The van der Waals surface area contributed by atoms with E-state index in [4.69, 9.17) is 4.74 Å². The number of ether oxygens (including phenoxy) is 1. The van der Waals surface area contributed by atoms with Crippen LogP contribution in [0.2, 0.25) is 0 Å². The van der Waals surface area contributed by atoms with E-state index in [0.717, 1.165) is 10.5 Å². The molecule has 1 heterocycles. The Morgan fingerprint density at radius 1 is 1.37 bits per heavy atom. The van der Waals surface area contributed by atoms with E-state index in [1.807, 2.05) is 12.1 Å². The van der Waals surface area contributed by atoms with Crippen molar-refractivity contribution >= 4 is 18.0 Å². The lowest BCUT2D eigenvalue weighted by Crippen LogP contribution is -2.30. The predicted octanol–water partition coefficient (Wildman–Crippen LogP) is 1.77. The Balaban J connectivity index is 2.32. The molecule has 1 aliphatic heterocycles. The Morgan fingerprint density at radius 2 is 2.11 bits per heavy atom. The van der Waals surface area contributed by atoms with Crippen molar-refractivity contribution in [1.82, 2.24) is 10.2 Å². The van der Waals surface area contributed by atoms with Crippen molar-refractivity contribution in [3.63, 3.8) is 0 Å². The number of carbonyl (C=O) groups excluding carboxylic acids is 2. The highest BCUT2D eigenvalue weighted by Crippen LogP contribution is 2.22. The number of rotatable bonds is 4. The Bertz CT molecular complexity index is 564. The molecule has 5 heteroatoms. The Hall–Kier alpha value is -2.56. The SMILES string of the molecule is C=CCN1C(=O)N/C(=C/c2ccccc2OC)C1=O. The second kappa shape index (κ2) is 5.39. The third-order valence-electron chi connectivity index (χ3n) is 2.71. The van der Waals surface area contributed by atoms with E-state index in [1.165, 1.54) is 6.08 Å². The zero-order valence-corrected chi connectivity index (χ0v) is 10.6. The summed E-state index contributed by atoms with van der Waals surface area (Å²) >= 11 is 0. The number of para-hydroxylation sites is 1. The monoisotopic (exact) mass is 258 g/mol. The van der Waals surface area contributed by atoms with Gasteiger partial charge >= 0.3 is 6.03 Å². The molecule has 1 aliphatic rings. The molecular weight excluding hydrogens is 244 g/mol. The zero-order valence-electron chi connectivity index (χ0n) is 10.6. The summed E-state index contributed by atoms with van der Waals surface area (Å²) in [5.74, 6) is 0.273. The molecule has 19 heavy (non-hydrogen) atoms. The van der Waals surface area contributed by atoms with Crippen molar-refractivity contribution < 1.29 is 14.3 Å². The Kier molecular flexibility index (Phi) is 3.66. The van der Waals surface area contributed by atoms with Crippen molar-refractivity contribution in [3.8, 4) is 5.75 Å². The fraction of sp³-hybridized carbons (Fsp3) is 0.143. The molecule has 0 atom stereocenters. The molecular formula is C14H14N2O3. The summed E-state index contributed by atoms with van der Waals surface area (Å²) in [5.41, 5.74) is 0.963. The van der Waals surface area contributed by atoms with Crippen LogP contribution in [-0.2, 0) is 4.79 Å². The minimum Gasteiger partial charge on any atom is -0.496 e. The van der Waals surface area contributed by atoms with E-state index in [0.29, 0.717) is 5.75 Å². The fourth-order valence-electron chi connectivity index (χ4n) is 1.81. The lowest BCUT2D eigenvalue weighted by atomic mass is 10.1. The molecule has 3 amide bonds. The molecule has 0 bridgehead atoms. The summed E-state index contributed by atoms with van der Waals surface area (Å²) in [6.07, 6.45) is 3.10. The Morgan fingerprint density at radius 3 is 2.79 bits per heavy atom. The van der Waals surface area contributed by atoms with Crippen LogP contribution in [0.25, 0.3) is 6.08 Å². The van der Waals surface area contributed by atoms with Gasteiger partial charge < -0.3 is 10.1 Å². The first-order valence-electron chi connectivity index (χ1n) is 5.76. The van der Waals surface area contributed by atoms with Crippen molar-refractivity contribution in [2.45, 2.75) is 0 Å². The van der Waals surface area contributed by atoms with Crippen LogP contribution in [0.1, 0.15) is 5.56 Å². The van der Waals surface area contributed by atoms with Crippen LogP contribution in [0.3, 0.4) is 0 Å². The van der Waals surface area contributed by atoms with E-state index in [2.05, 4.69) is 11.9 Å². The maximum atomic E-state index is 12.0. The first-order chi connectivity index (χ1) is 9.17. The van der Waals surface area contributed by atoms with E-state index in [9.17, 15) is 9.59 Å². The molecule has 1 fully saturated rings.